The summed E-state index contributed by atoms with van der Waals surface area (Å²) < 4.78 is 0. The molecule has 3 heteroatoms. The zero-order valence-electron chi connectivity index (χ0n) is 11.6. The predicted molar refractivity (Wildman–Crippen MR) is 72.3 cm³/mol. The summed E-state index contributed by atoms with van der Waals surface area (Å²) in [6, 6.07) is 0. The van der Waals surface area contributed by atoms with Crippen LogP contribution in [0.4, 0.5) is 0 Å². The summed E-state index contributed by atoms with van der Waals surface area (Å²) in [7, 11) is 0. The van der Waals surface area contributed by atoms with E-state index in [0.29, 0.717) is 5.91 Å². The molecule has 0 aromatic heterocycles. The topological polar surface area (TPSA) is 32.3 Å². The smallest absolute Gasteiger partial charge is 0.242 e. The first-order valence-electron chi connectivity index (χ1n) is 7.78. The fourth-order valence-corrected chi connectivity index (χ4v) is 3.21. The quantitative estimate of drug-likeness (QED) is 0.783. The summed E-state index contributed by atoms with van der Waals surface area (Å²) >= 11 is 0. The highest BCUT2D eigenvalue weighted by atomic mass is 16.2. The third kappa shape index (κ3) is 2.56. The molecule has 1 unspecified atom stereocenters. The number of rotatable bonds is 6. The highest BCUT2D eigenvalue weighted by Gasteiger charge is 2.43. The van der Waals surface area contributed by atoms with E-state index >= 15 is 0 Å². The Hall–Kier alpha value is -0.570. The van der Waals surface area contributed by atoms with Gasteiger partial charge in [0.15, 0.2) is 0 Å². The fraction of sp³-hybridized carbons (Fsp3) is 0.933. The van der Waals surface area contributed by atoms with Crippen molar-refractivity contribution < 1.29 is 4.79 Å². The molecular weight excluding hydrogens is 224 g/mol. The molecule has 1 saturated heterocycles. The minimum absolute atomic E-state index is 0.218. The molecule has 3 aliphatic rings. The first kappa shape index (κ1) is 12.5. The van der Waals surface area contributed by atoms with Gasteiger partial charge in [-0.25, -0.2) is 0 Å². The molecule has 1 aliphatic heterocycles. The van der Waals surface area contributed by atoms with Crippen molar-refractivity contribution in [1.29, 1.82) is 0 Å². The van der Waals surface area contributed by atoms with Crippen molar-refractivity contribution in [1.82, 2.24) is 10.2 Å². The van der Waals surface area contributed by atoms with Crippen LogP contribution in [0.2, 0.25) is 0 Å². The van der Waals surface area contributed by atoms with Crippen molar-refractivity contribution in [2.24, 2.45) is 11.8 Å². The Morgan fingerprint density at radius 1 is 1.22 bits per heavy atom. The largest absolute Gasteiger partial charge is 0.341 e. The molecule has 1 amide bonds. The van der Waals surface area contributed by atoms with E-state index in [-0.39, 0.29) is 5.54 Å². The Labute approximate surface area is 110 Å². The Morgan fingerprint density at radius 2 is 1.83 bits per heavy atom. The molecular formula is C15H26N2O. The van der Waals surface area contributed by atoms with Crippen LogP contribution in [0.1, 0.15) is 51.9 Å². The van der Waals surface area contributed by atoms with Gasteiger partial charge >= 0.3 is 0 Å². The highest BCUT2D eigenvalue weighted by molar-refractivity contribution is 5.86. The van der Waals surface area contributed by atoms with Crippen LogP contribution in [-0.4, -0.2) is 36.0 Å². The Balaban J connectivity index is 1.68. The molecule has 0 aromatic rings. The molecule has 0 radical (unpaired) electrons. The summed E-state index contributed by atoms with van der Waals surface area (Å²) in [4.78, 5) is 15.1. The average molecular weight is 250 g/mol. The summed E-state index contributed by atoms with van der Waals surface area (Å²) in [5.74, 6) is 2.02. The van der Waals surface area contributed by atoms with Gasteiger partial charge in [-0.1, -0.05) is 6.92 Å². The lowest BCUT2D eigenvalue weighted by Crippen LogP contribution is -2.55. The van der Waals surface area contributed by atoms with Gasteiger partial charge in [0.05, 0.1) is 5.54 Å². The summed E-state index contributed by atoms with van der Waals surface area (Å²) in [5, 5.41) is 3.50. The van der Waals surface area contributed by atoms with Crippen molar-refractivity contribution in [2.45, 2.75) is 57.4 Å². The minimum atomic E-state index is -0.218. The van der Waals surface area contributed by atoms with Gasteiger partial charge in [0, 0.05) is 13.1 Å². The highest BCUT2D eigenvalue weighted by Crippen LogP contribution is 2.36. The molecule has 0 aromatic carbocycles. The Bertz CT molecular complexity index is 300. The van der Waals surface area contributed by atoms with Crippen LogP contribution in [0.3, 0.4) is 0 Å². The number of amides is 1. The number of carbonyl (C=O) groups excluding carboxylic acids is 1. The monoisotopic (exact) mass is 250 g/mol. The standard InChI is InChI=1S/C15H26N2O/c1-2-15(8-3-9-16-15)14(18)17(10-12-4-5-12)11-13-6-7-13/h12-13,16H,2-11H2,1H3. The fourth-order valence-electron chi connectivity index (χ4n) is 3.21. The van der Waals surface area contributed by atoms with Crippen LogP contribution < -0.4 is 5.32 Å². The Morgan fingerprint density at radius 3 is 2.22 bits per heavy atom. The van der Waals surface area contributed by atoms with Gasteiger partial charge in [-0.2, -0.15) is 0 Å². The van der Waals surface area contributed by atoms with E-state index in [9.17, 15) is 4.79 Å². The maximum Gasteiger partial charge on any atom is 0.242 e. The average Bonchev–Trinajstić information content (AvgIpc) is 3.30. The van der Waals surface area contributed by atoms with E-state index in [2.05, 4.69) is 17.1 Å². The second-order valence-electron chi connectivity index (χ2n) is 6.56. The number of carbonyl (C=O) groups is 1. The van der Waals surface area contributed by atoms with Crippen LogP contribution in [0.25, 0.3) is 0 Å². The van der Waals surface area contributed by atoms with E-state index in [1.807, 2.05) is 0 Å². The van der Waals surface area contributed by atoms with Crippen molar-refractivity contribution in [3.8, 4) is 0 Å². The number of hydrogen-bond donors (Lipinski definition) is 1. The van der Waals surface area contributed by atoms with Gasteiger partial charge < -0.3 is 10.2 Å². The third-order valence-electron chi connectivity index (χ3n) is 4.89. The van der Waals surface area contributed by atoms with Crippen LogP contribution in [-0.2, 0) is 4.79 Å². The molecule has 2 saturated carbocycles. The maximum atomic E-state index is 12.9. The maximum absolute atomic E-state index is 12.9. The normalized spacial score (nSPS) is 31.6. The molecule has 1 atom stereocenters. The molecule has 0 bridgehead atoms. The van der Waals surface area contributed by atoms with Gasteiger partial charge in [-0.15, -0.1) is 0 Å². The zero-order valence-corrected chi connectivity index (χ0v) is 11.6. The summed E-state index contributed by atoms with van der Waals surface area (Å²) in [6.45, 7) is 5.22. The number of hydrogen-bond acceptors (Lipinski definition) is 2. The Kier molecular flexibility index (Phi) is 3.35. The second kappa shape index (κ2) is 4.84. The van der Waals surface area contributed by atoms with Crippen molar-refractivity contribution >= 4 is 5.91 Å². The van der Waals surface area contributed by atoms with E-state index in [1.165, 1.54) is 25.7 Å². The van der Waals surface area contributed by atoms with Crippen LogP contribution in [0.5, 0.6) is 0 Å². The molecule has 0 spiro atoms. The number of nitrogens with one attached hydrogen (secondary N) is 1. The SMILES string of the molecule is CCC1(C(=O)N(CC2CC2)CC2CC2)CCCN1. The first-order chi connectivity index (χ1) is 8.73. The second-order valence-corrected chi connectivity index (χ2v) is 6.56. The van der Waals surface area contributed by atoms with Gasteiger partial charge in [0.2, 0.25) is 5.91 Å². The summed E-state index contributed by atoms with van der Waals surface area (Å²) in [5.41, 5.74) is -0.218. The molecule has 3 fully saturated rings. The minimum Gasteiger partial charge on any atom is -0.341 e. The number of nitrogens with zero attached hydrogens (tertiary/aromatic N) is 1. The van der Waals surface area contributed by atoms with Crippen LogP contribution in [0, 0.1) is 11.8 Å². The zero-order chi connectivity index (χ0) is 12.6. The van der Waals surface area contributed by atoms with E-state index in [1.54, 1.807) is 0 Å². The molecule has 1 N–H and O–H groups in total. The predicted octanol–water partition coefficient (Wildman–Crippen LogP) is 2.17. The van der Waals surface area contributed by atoms with Gasteiger partial charge in [-0.05, 0) is 63.3 Å². The van der Waals surface area contributed by atoms with E-state index in [4.69, 9.17) is 0 Å². The van der Waals surface area contributed by atoms with E-state index < -0.39 is 0 Å². The van der Waals surface area contributed by atoms with Gasteiger partial charge in [-0.3, -0.25) is 4.79 Å². The summed E-state index contributed by atoms with van der Waals surface area (Å²) in [6.07, 6.45) is 8.47. The lowest BCUT2D eigenvalue weighted by Gasteiger charge is -2.34. The molecule has 1 heterocycles. The molecule has 3 rings (SSSR count). The van der Waals surface area contributed by atoms with Crippen LogP contribution in [0.15, 0.2) is 0 Å². The van der Waals surface area contributed by atoms with Gasteiger partial charge in [0.1, 0.15) is 0 Å². The van der Waals surface area contributed by atoms with Crippen molar-refractivity contribution in [3.63, 3.8) is 0 Å². The molecule has 18 heavy (non-hydrogen) atoms. The lowest BCUT2D eigenvalue weighted by molar-refractivity contribution is -0.138. The molecule has 2 aliphatic carbocycles. The van der Waals surface area contributed by atoms with Gasteiger partial charge in [0.25, 0.3) is 0 Å². The molecule has 3 nitrogen and oxygen atoms in total. The first-order valence-corrected chi connectivity index (χ1v) is 7.78. The van der Waals surface area contributed by atoms with Crippen LogP contribution >= 0.6 is 0 Å². The molecule has 102 valence electrons. The van der Waals surface area contributed by atoms with E-state index in [0.717, 1.165) is 50.7 Å². The van der Waals surface area contributed by atoms with Crippen molar-refractivity contribution in [2.75, 3.05) is 19.6 Å². The van der Waals surface area contributed by atoms with Crippen molar-refractivity contribution in [3.05, 3.63) is 0 Å². The lowest BCUT2D eigenvalue weighted by atomic mass is 9.92. The third-order valence-corrected chi connectivity index (χ3v) is 4.89.